The zero-order valence-corrected chi connectivity index (χ0v) is 24.8. The van der Waals surface area contributed by atoms with E-state index in [0.29, 0.717) is 16.5 Å². The highest BCUT2D eigenvalue weighted by atomic mass is 35.5. The van der Waals surface area contributed by atoms with Gasteiger partial charge in [0.1, 0.15) is 0 Å². The summed E-state index contributed by atoms with van der Waals surface area (Å²) in [4.78, 5) is 13.0. The number of halogens is 2. The van der Waals surface area contributed by atoms with E-state index in [0.717, 1.165) is 33.8 Å². The van der Waals surface area contributed by atoms with Crippen LogP contribution in [0.5, 0.6) is 0 Å². The van der Waals surface area contributed by atoms with Gasteiger partial charge in [-0.05, 0) is 69.2 Å². The number of carbonyl (C=O) groups is 1. The molecule has 4 rings (SSSR count). The second-order valence-electron chi connectivity index (χ2n) is 9.44. The molecule has 0 radical (unpaired) electrons. The normalized spacial score (nSPS) is 11.8. The summed E-state index contributed by atoms with van der Waals surface area (Å²) in [5, 5.41) is 5.04. The second-order valence-corrected chi connectivity index (χ2v) is 12.2. The number of aryl methyl sites for hydroxylation is 2. The molecule has 0 saturated heterocycles. The predicted octanol–water partition coefficient (Wildman–Crippen LogP) is 6.09. The van der Waals surface area contributed by atoms with Gasteiger partial charge in [-0.3, -0.25) is 4.79 Å². The van der Waals surface area contributed by atoms with Crippen LogP contribution < -0.4 is 5.43 Å². The van der Waals surface area contributed by atoms with E-state index in [1.165, 1.54) is 10.5 Å². The number of carbonyl (C=O) groups excluding carboxylic acids is 1. The van der Waals surface area contributed by atoms with Gasteiger partial charge >= 0.3 is 0 Å². The van der Waals surface area contributed by atoms with Crippen molar-refractivity contribution in [3.63, 3.8) is 0 Å². The molecular formula is C30H30Cl2N4O3S. The molecule has 1 aromatic heterocycles. The quantitative estimate of drug-likeness (QED) is 0.177. The van der Waals surface area contributed by atoms with Crippen molar-refractivity contribution in [2.24, 2.45) is 5.10 Å². The van der Waals surface area contributed by atoms with Crippen molar-refractivity contribution in [1.82, 2.24) is 14.3 Å². The van der Waals surface area contributed by atoms with E-state index in [9.17, 15) is 13.2 Å². The standard InChI is InChI=1S/C30H30Cl2N4O3S/c1-21-9-12-27(13-10-21)40(38,39)35(16-15-24-7-5-4-6-8-24)20-30(37)34-33-19-25-17-22(2)36(23(25)3)26-11-14-28(31)29(32)18-26/h4-14,17-19H,15-16,20H2,1-3H3,(H,34,37)/b33-19+. The van der Waals surface area contributed by atoms with E-state index in [-0.39, 0.29) is 18.0 Å². The predicted molar refractivity (Wildman–Crippen MR) is 161 cm³/mol. The fourth-order valence-corrected chi connectivity index (χ4v) is 6.04. The van der Waals surface area contributed by atoms with E-state index in [1.807, 2.05) is 67.8 Å². The van der Waals surface area contributed by atoms with Gasteiger partial charge < -0.3 is 4.57 Å². The lowest BCUT2D eigenvalue weighted by atomic mass is 10.1. The summed E-state index contributed by atoms with van der Waals surface area (Å²) >= 11 is 12.3. The van der Waals surface area contributed by atoms with E-state index >= 15 is 0 Å². The second kappa shape index (κ2) is 12.8. The molecule has 0 unspecified atom stereocenters. The highest BCUT2D eigenvalue weighted by Gasteiger charge is 2.26. The van der Waals surface area contributed by atoms with Crippen LogP contribution in [0.25, 0.3) is 5.69 Å². The Morgan fingerprint density at radius 3 is 2.33 bits per heavy atom. The first-order valence-corrected chi connectivity index (χ1v) is 14.8. The first kappa shape index (κ1) is 29.6. The third-order valence-electron chi connectivity index (χ3n) is 6.50. The fraction of sp³-hybridized carbons (Fsp3) is 0.200. The third kappa shape index (κ3) is 7.01. The Hall–Kier alpha value is -3.43. The van der Waals surface area contributed by atoms with Gasteiger partial charge in [-0.1, -0.05) is 71.2 Å². The van der Waals surface area contributed by atoms with E-state index in [4.69, 9.17) is 23.2 Å². The molecule has 40 heavy (non-hydrogen) atoms. The molecular weight excluding hydrogens is 567 g/mol. The minimum atomic E-state index is -3.91. The molecule has 10 heteroatoms. The summed E-state index contributed by atoms with van der Waals surface area (Å²) in [6.07, 6.45) is 2.00. The van der Waals surface area contributed by atoms with Crippen LogP contribution in [0.1, 0.15) is 28.1 Å². The number of aromatic nitrogens is 1. The minimum absolute atomic E-state index is 0.136. The lowest BCUT2D eigenvalue weighted by molar-refractivity contribution is -0.121. The van der Waals surface area contributed by atoms with E-state index in [2.05, 4.69) is 10.5 Å². The van der Waals surface area contributed by atoms with Crippen LogP contribution in [0.15, 0.2) is 88.9 Å². The summed E-state index contributed by atoms with van der Waals surface area (Å²) in [5.74, 6) is -0.543. The molecule has 0 spiro atoms. The molecule has 1 amide bonds. The van der Waals surface area contributed by atoms with Gasteiger partial charge in [0, 0.05) is 29.2 Å². The molecule has 7 nitrogen and oxygen atoms in total. The Balaban J connectivity index is 1.49. The highest BCUT2D eigenvalue weighted by molar-refractivity contribution is 7.89. The summed E-state index contributed by atoms with van der Waals surface area (Å²) in [6, 6.07) is 23.5. The monoisotopic (exact) mass is 596 g/mol. The van der Waals surface area contributed by atoms with Gasteiger partial charge in [0.25, 0.3) is 5.91 Å². The summed E-state index contributed by atoms with van der Waals surface area (Å²) in [6.45, 7) is 5.53. The maximum Gasteiger partial charge on any atom is 0.255 e. The summed E-state index contributed by atoms with van der Waals surface area (Å²) in [5.41, 5.74) is 7.87. The Bertz CT molecular complexity index is 1630. The van der Waals surface area contributed by atoms with Gasteiger partial charge in [-0.15, -0.1) is 0 Å². The average Bonchev–Trinajstić information content (AvgIpc) is 3.21. The SMILES string of the molecule is Cc1ccc(S(=O)(=O)N(CCc2ccccc2)CC(=O)N/N=C/c2cc(C)n(-c3ccc(Cl)c(Cl)c3)c2C)cc1. The molecule has 0 aliphatic rings. The van der Waals surface area contributed by atoms with Gasteiger partial charge in [0.05, 0.1) is 27.7 Å². The summed E-state index contributed by atoms with van der Waals surface area (Å²) in [7, 11) is -3.91. The Morgan fingerprint density at radius 2 is 1.65 bits per heavy atom. The van der Waals surface area contributed by atoms with Gasteiger partial charge in [0.2, 0.25) is 10.0 Å². The van der Waals surface area contributed by atoms with Crippen molar-refractivity contribution in [2.45, 2.75) is 32.1 Å². The van der Waals surface area contributed by atoms with Crippen LogP contribution in [0.2, 0.25) is 10.0 Å². The molecule has 0 aliphatic heterocycles. The number of benzene rings is 3. The zero-order chi connectivity index (χ0) is 28.9. The molecule has 0 bridgehead atoms. The summed E-state index contributed by atoms with van der Waals surface area (Å²) < 4.78 is 30.1. The maximum absolute atomic E-state index is 13.4. The lowest BCUT2D eigenvalue weighted by Crippen LogP contribution is -2.40. The first-order chi connectivity index (χ1) is 19.1. The number of nitrogens with one attached hydrogen (secondary N) is 1. The fourth-order valence-electron chi connectivity index (χ4n) is 4.35. The number of sulfonamides is 1. The van der Waals surface area contributed by atoms with Crippen LogP contribution in [-0.2, 0) is 21.2 Å². The van der Waals surface area contributed by atoms with Gasteiger partial charge in [0.15, 0.2) is 0 Å². The van der Waals surface area contributed by atoms with Crippen molar-refractivity contribution < 1.29 is 13.2 Å². The maximum atomic E-state index is 13.4. The van der Waals surface area contributed by atoms with Crippen LogP contribution in [0.3, 0.4) is 0 Å². The Labute approximate surface area is 245 Å². The third-order valence-corrected chi connectivity index (χ3v) is 9.09. The van der Waals surface area contributed by atoms with Crippen LogP contribution in [-0.4, -0.2) is 42.5 Å². The number of amides is 1. The Kier molecular flexibility index (Phi) is 9.48. The number of hydrazone groups is 1. The van der Waals surface area contributed by atoms with Crippen molar-refractivity contribution >= 4 is 45.3 Å². The topological polar surface area (TPSA) is 83.8 Å². The Morgan fingerprint density at radius 1 is 0.950 bits per heavy atom. The van der Waals surface area contributed by atoms with Gasteiger partial charge in [-0.2, -0.15) is 9.41 Å². The molecule has 0 saturated carbocycles. The van der Waals surface area contributed by atoms with Gasteiger partial charge in [-0.25, -0.2) is 13.8 Å². The first-order valence-electron chi connectivity index (χ1n) is 12.6. The van der Waals surface area contributed by atoms with E-state index in [1.54, 1.807) is 36.4 Å². The molecule has 0 fully saturated rings. The largest absolute Gasteiger partial charge is 0.318 e. The molecule has 208 valence electrons. The molecule has 3 aromatic carbocycles. The average molecular weight is 598 g/mol. The number of hydrogen-bond acceptors (Lipinski definition) is 4. The zero-order valence-electron chi connectivity index (χ0n) is 22.4. The van der Waals surface area contributed by atoms with Crippen molar-refractivity contribution in [2.75, 3.05) is 13.1 Å². The molecule has 0 aliphatic carbocycles. The molecule has 1 N–H and O–H groups in total. The van der Waals surface area contributed by atoms with Crippen molar-refractivity contribution in [1.29, 1.82) is 0 Å². The van der Waals surface area contributed by atoms with Crippen LogP contribution in [0.4, 0.5) is 0 Å². The highest BCUT2D eigenvalue weighted by Crippen LogP contribution is 2.27. The number of nitrogens with zero attached hydrogens (tertiary/aromatic N) is 3. The number of rotatable bonds is 10. The number of hydrogen-bond donors (Lipinski definition) is 1. The van der Waals surface area contributed by atoms with Crippen molar-refractivity contribution in [3.05, 3.63) is 117 Å². The minimum Gasteiger partial charge on any atom is -0.318 e. The van der Waals surface area contributed by atoms with E-state index < -0.39 is 15.9 Å². The van der Waals surface area contributed by atoms with Crippen molar-refractivity contribution in [3.8, 4) is 5.69 Å². The lowest BCUT2D eigenvalue weighted by Gasteiger charge is -2.21. The smallest absolute Gasteiger partial charge is 0.255 e. The molecule has 1 heterocycles. The molecule has 0 atom stereocenters. The van der Waals surface area contributed by atoms with Crippen LogP contribution >= 0.6 is 23.2 Å². The molecule has 4 aromatic rings. The van der Waals surface area contributed by atoms with Crippen LogP contribution in [0, 0.1) is 20.8 Å².